The lowest BCUT2D eigenvalue weighted by atomic mass is 10.2. The first kappa shape index (κ1) is 19.2. The van der Waals surface area contributed by atoms with E-state index in [9.17, 15) is 24.5 Å². The Labute approximate surface area is 149 Å². The molecule has 2 rings (SSSR count). The van der Waals surface area contributed by atoms with Crippen LogP contribution in [0.4, 0.5) is 5.69 Å². The molecule has 0 spiro atoms. The number of nitrogens with zero attached hydrogens (tertiary/aromatic N) is 3. The number of hydrogen-bond acceptors (Lipinski definition) is 6. The molecule has 2 amide bonds. The van der Waals surface area contributed by atoms with E-state index in [1.165, 1.54) is 29.2 Å². The van der Waals surface area contributed by atoms with Crippen molar-refractivity contribution in [1.29, 1.82) is 0 Å². The summed E-state index contributed by atoms with van der Waals surface area (Å²) in [5.41, 5.74) is -0.0382. The van der Waals surface area contributed by atoms with Gasteiger partial charge in [-0.3, -0.25) is 24.5 Å². The van der Waals surface area contributed by atoms with E-state index in [1.54, 1.807) is 4.90 Å². The van der Waals surface area contributed by atoms with Crippen molar-refractivity contribution in [3.8, 4) is 5.75 Å². The average molecular weight is 365 g/mol. The Morgan fingerprint density at radius 3 is 2.08 bits per heavy atom. The lowest BCUT2D eigenvalue weighted by molar-refractivity contribution is -0.384. The van der Waals surface area contributed by atoms with Crippen molar-refractivity contribution in [2.45, 2.75) is 12.8 Å². The fourth-order valence-corrected chi connectivity index (χ4v) is 2.52. The van der Waals surface area contributed by atoms with Gasteiger partial charge in [-0.15, -0.1) is 0 Å². The third-order valence-electron chi connectivity index (χ3n) is 3.92. The van der Waals surface area contributed by atoms with Crippen LogP contribution in [0.15, 0.2) is 24.3 Å². The van der Waals surface area contributed by atoms with Crippen LogP contribution in [0.2, 0.25) is 0 Å². The standard InChI is InChI=1S/C16H19N3O7/c20-14(5-10-26-13-3-1-12(2-4-13)19(24)25)17-6-8-18(9-7-17)15(21)11-16(22)23/h1-4H,5-11H2,(H,22,23). The second kappa shape index (κ2) is 8.79. The Morgan fingerprint density at radius 2 is 1.58 bits per heavy atom. The molecule has 1 aromatic rings. The number of carbonyl (C=O) groups is 3. The minimum absolute atomic E-state index is 0.0382. The van der Waals surface area contributed by atoms with Crippen molar-refractivity contribution < 1.29 is 29.2 Å². The molecular formula is C16H19N3O7. The van der Waals surface area contributed by atoms with Gasteiger partial charge in [0.2, 0.25) is 11.8 Å². The molecule has 140 valence electrons. The molecule has 10 heteroatoms. The number of piperazine rings is 1. The van der Waals surface area contributed by atoms with Crippen LogP contribution in [0.3, 0.4) is 0 Å². The van der Waals surface area contributed by atoms with E-state index >= 15 is 0 Å². The molecular weight excluding hydrogens is 346 g/mol. The molecule has 0 bridgehead atoms. The summed E-state index contributed by atoms with van der Waals surface area (Å²) in [6.07, 6.45) is -0.406. The number of rotatable bonds is 7. The van der Waals surface area contributed by atoms with Crippen LogP contribution in [-0.4, -0.2) is 70.4 Å². The highest BCUT2D eigenvalue weighted by Crippen LogP contribution is 2.17. The first-order chi connectivity index (χ1) is 12.4. The van der Waals surface area contributed by atoms with Crippen molar-refractivity contribution in [2.24, 2.45) is 0 Å². The Hall–Kier alpha value is -3.17. The summed E-state index contributed by atoms with van der Waals surface area (Å²) in [5, 5.41) is 19.2. The van der Waals surface area contributed by atoms with Gasteiger partial charge in [-0.2, -0.15) is 0 Å². The van der Waals surface area contributed by atoms with Gasteiger partial charge in [0.25, 0.3) is 5.69 Å². The molecule has 1 aliphatic rings. The van der Waals surface area contributed by atoms with Crippen molar-refractivity contribution in [2.75, 3.05) is 32.8 Å². The lowest BCUT2D eigenvalue weighted by Crippen LogP contribution is -2.51. The summed E-state index contributed by atoms with van der Waals surface area (Å²) in [5.74, 6) is -1.31. The first-order valence-electron chi connectivity index (χ1n) is 8.01. The monoisotopic (exact) mass is 365 g/mol. The Morgan fingerprint density at radius 1 is 1.04 bits per heavy atom. The number of aliphatic carboxylic acids is 1. The summed E-state index contributed by atoms with van der Waals surface area (Å²) in [4.78, 5) is 47.5. The zero-order valence-corrected chi connectivity index (χ0v) is 14.0. The highest BCUT2D eigenvalue weighted by Gasteiger charge is 2.24. The smallest absolute Gasteiger partial charge is 0.312 e. The fraction of sp³-hybridized carbons (Fsp3) is 0.438. The number of non-ortho nitro benzene ring substituents is 1. The van der Waals surface area contributed by atoms with Gasteiger partial charge in [0.1, 0.15) is 12.2 Å². The molecule has 1 heterocycles. The predicted octanol–water partition coefficient (Wildman–Crippen LogP) is 0.509. The van der Waals surface area contributed by atoms with Crippen LogP contribution in [0, 0.1) is 10.1 Å². The summed E-state index contributed by atoms with van der Waals surface area (Å²) in [7, 11) is 0. The zero-order valence-electron chi connectivity index (χ0n) is 14.0. The van der Waals surface area contributed by atoms with Crippen LogP contribution >= 0.6 is 0 Å². The van der Waals surface area contributed by atoms with Crippen molar-refractivity contribution in [3.63, 3.8) is 0 Å². The van der Waals surface area contributed by atoms with Crippen LogP contribution in [0.1, 0.15) is 12.8 Å². The molecule has 10 nitrogen and oxygen atoms in total. The number of ether oxygens (including phenoxy) is 1. The zero-order chi connectivity index (χ0) is 19.1. The second-order valence-corrected chi connectivity index (χ2v) is 5.68. The molecule has 0 atom stereocenters. The minimum Gasteiger partial charge on any atom is -0.493 e. The van der Waals surface area contributed by atoms with Gasteiger partial charge in [-0.05, 0) is 12.1 Å². The molecule has 0 aromatic heterocycles. The second-order valence-electron chi connectivity index (χ2n) is 5.68. The van der Waals surface area contributed by atoms with Crippen molar-refractivity contribution in [1.82, 2.24) is 9.80 Å². The largest absolute Gasteiger partial charge is 0.493 e. The number of nitro benzene ring substituents is 1. The van der Waals surface area contributed by atoms with E-state index in [-0.39, 0.29) is 24.6 Å². The Balaban J connectivity index is 1.71. The molecule has 0 saturated carbocycles. The van der Waals surface area contributed by atoms with Gasteiger partial charge < -0.3 is 19.6 Å². The normalized spacial score (nSPS) is 14.0. The van der Waals surface area contributed by atoms with Gasteiger partial charge in [0.05, 0.1) is 18.0 Å². The fourth-order valence-electron chi connectivity index (χ4n) is 2.52. The first-order valence-corrected chi connectivity index (χ1v) is 8.01. The Bertz CT molecular complexity index is 682. The SMILES string of the molecule is O=C(O)CC(=O)N1CCN(C(=O)CCOc2ccc([N+](=O)[O-])cc2)CC1. The molecule has 1 N–H and O–H groups in total. The third-order valence-corrected chi connectivity index (χ3v) is 3.92. The molecule has 0 aliphatic carbocycles. The van der Waals surface area contributed by atoms with Gasteiger partial charge >= 0.3 is 5.97 Å². The molecule has 1 aromatic carbocycles. The molecule has 26 heavy (non-hydrogen) atoms. The predicted molar refractivity (Wildman–Crippen MR) is 88.6 cm³/mol. The van der Waals surface area contributed by atoms with Gasteiger partial charge in [0.15, 0.2) is 0 Å². The number of carboxylic acid groups (broad SMARTS) is 1. The summed E-state index contributed by atoms with van der Waals surface area (Å²) >= 11 is 0. The van der Waals surface area contributed by atoms with E-state index in [2.05, 4.69) is 0 Å². The Kier molecular flexibility index (Phi) is 6.48. The van der Waals surface area contributed by atoms with Gasteiger partial charge in [-0.1, -0.05) is 0 Å². The lowest BCUT2D eigenvalue weighted by Gasteiger charge is -2.34. The van der Waals surface area contributed by atoms with E-state index in [1.807, 2.05) is 0 Å². The van der Waals surface area contributed by atoms with Crippen molar-refractivity contribution >= 4 is 23.5 Å². The summed E-state index contributed by atoms with van der Waals surface area (Å²) < 4.78 is 5.41. The maximum absolute atomic E-state index is 12.1. The van der Waals surface area contributed by atoms with Crippen LogP contribution in [0.25, 0.3) is 0 Å². The summed E-state index contributed by atoms with van der Waals surface area (Å²) in [6, 6.07) is 5.58. The van der Waals surface area contributed by atoms with Gasteiger partial charge in [0, 0.05) is 38.3 Å². The number of nitro groups is 1. The summed E-state index contributed by atoms with van der Waals surface area (Å²) in [6.45, 7) is 1.44. The molecule has 0 radical (unpaired) electrons. The number of hydrogen-bond donors (Lipinski definition) is 1. The molecule has 1 fully saturated rings. The highest BCUT2D eigenvalue weighted by molar-refractivity contribution is 5.93. The van der Waals surface area contributed by atoms with E-state index in [0.717, 1.165) is 0 Å². The average Bonchev–Trinajstić information content (AvgIpc) is 2.61. The number of carboxylic acids is 1. The van der Waals surface area contributed by atoms with Crippen molar-refractivity contribution in [3.05, 3.63) is 34.4 Å². The maximum Gasteiger partial charge on any atom is 0.312 e. The van der Waals surface area contributed by atoms with E-state index in [0.29, 0.717) is 31.9 Å². The number of carbonyl (C=O) groups excluding carboxylic acids is 2. The van der Waals surface area contributed by atoms with Gasteiger partial charge in [-0.25, -0.2) is 0 Å². The number of amides is 2. The maximum atomic E-state index is 12.1. The van der Waals surface area contributed by atoms with Crippen LogP contribution in [-0.2, 0) is 14.4 Å². The number of benzene rings is 1. The highest BCUT2D eigenvalue weighted by atomic mass is 16.6. The quantitative estimate of drug-likeness (QED) is 0.423. The van der Waals surface area contributed by atoms with Crippen LogP contribution < -0.4 is 4.74 Å². The molecule has 1 aliphatic heterocycles. The van der Waals surface area contributed by atoms with E-state index < -0.39 is 23.2 Å². The minimum atomic E-state index is -1.17. The third kappa shape index (κ3) is 5.43. The topological polar surface area (TPSA) is 130 Å². The van der Waals surface area contributed by atoms with E-state index in [4.69, 9.17) is 9.84 Å². The molecule has 0 unspecified atom stereocenters. The molecule has 1 saturated heterocycles. The van der Waals surface area contributed by atoms with Crippen LogP contribution in [0.5, 0.6) is 5.75 Å².